The molecular formula is C14H19NS. The second-order valence-electron chi connectivity index (χ2n) is 4.22. The zero-order valence-corrected chi connectivity index (χ0v) is 10.9. The van der Waals surface area contributed by atoms with Gasteiger partial charge < -0.3 is 5.32 Å². The molecular weight excluding hydrogens is 214 g/mol. The Bertz CT molecular complexity index is 378. The SMILES string of the molecule is CCCCc1ccc(C2=C(C)NCS2)cc1. The molecule has 16 heavy (non-hydrogen) atoms. The first-order valence-electron chi connectivity index (χ1n) is 5.98. The van der Waals surface area contributed by atoms with Crippen LogP contribution in [-0.4, -0.2) is 5.88 Å². The van der Waals surface area contributed by atoms with Crippen LogP contribution in [0.3, 0.4) is 0 Å². The first-order valence-corrected chi connectivity index (χ1v) is 6.96. The van der Waals surface area contributed by atoms with Gasteiger partial charge in [0, 0.05) is 10.6 Å². The molecule has 0 aromatic heterocycles. The van der Waals surface area contributed by atoms with Gasteiger partial charge in [-0.1, -0.05) is 37.6 Å². The molecule has 86 valence electrons. The Labute approximate surface area is 102 Å². The fourth-order valence-electron chi connectivity index (χ4n) is 1.91. The van der Waals surface area contributed by atoms with E-state index in [1.165, 1.54) is 41.0 Å². The maximum Gasteiger partial charge on any atom is 0.0655 e. The molecule has 0 amide bonds. The van der Waals surface area contributed by atoms with Crippen LogP contribution in [0.1, 0.15) is 37.8 Å². The summed E-state index contributed by atoms with van der Waals surface area (Å²) in [7, 11) is 0. The van der Waals surface area contributed by atoms with E-state index >= 15 is 0 Å². The molecule has 1 nitrogen and oxygen atoms in total. The average Bonchev–Trinajstić information content (AvgIpc) is 2.74. The lowest BCUT2D eigenvalue weighted by molar-refractivity contribution is 0.795. The molecule has 1 aromatic rings. The molecule has 0 saturated heterocycles. The van der Waals surface area contributed by atoms with E-state index in [9.17, 15) is 0 Å². The number of aryl methyl sites for hydroxylation is 1. The molecule has 2 rings (SSSR count). The summed E-state index contributed by atoms with van der Waals surface area (Å²) in [5, 5.41) is 3.36. The molecule has 0 fully saturated rings. The molecule has 1 aliphatic rings. The lowest BCUT2D eigenvalue weighted by atomic mass is 10.1. The van der Waals surface area contributed by atoms with Crippen molar-refractivity contribution in [3.63, 3.8) is 0 Å². The monoisotopic (exact) mass is 233 g/mol. The van der Waals surface area contributed by atoms with E-state index in [0.717, 1.165) is 5.88 Å². The van der Waals surface area contributed by atoms with Gasteiger partial charge in [-0.2, -0.15) is 0 Å². The van der Waals surface area contributed by atoms with Gasteiger partial charge in [0.05, 0.1) is 5.88 Å². The molecule has 0 bridgehead atoms. The van der Waals surface area contributed by atoms with Crippen molar-refractivity contribution in [3.05, 3.63) is 41.1 Å². The molecule has 1 heterocycles. The van der Waals surface area contributed by atoms with E-state index in [0.29, 0.717) is 0 Å². The third-order valence-corrected chi connectivity index (χ3v) is 4.05. The van der Waals surface area contributed by atoms with Gasteiger partial charge in [0.2, 0.25) is 0 Å². The van der Waals surface area contributed by atoms with Crippen molar-refractivity contribution in [3.8, 4) is 0 Å². The summed E-state index contributed by atoms with van der Waals surface area (Å²) in [6.45, 7) is 4.39. The van der Waals surface area contributed by atoms with Crippen molar-refractivity contribution in [1.29, 1.82) is 0 Å². The van der Waals surface area contributed by atoms with Gasteiger partial charge in [-0.3, -0.25) is 0 Å². The lowest BCUT2D eigenvalue weighted by Gasteiger charge is -2.04. The lowest BCUT2D eigenvalue weighted by Crippen LogP contribution is -2.02. The van der Waals surface area contributed by atoms with Gasteiger partial charge in [-0.15, -0.1) is 11.8 Å². The Kier molecular flexibility index (Phi) is 3.94. The summed E-state index contributed by atoms with van der Waals surface area (Å²) < 4.78 is 0. The molecule has 0 unspecified atom stereocenters. The van der Waals surface area contributed by atoms with Gasteiger partial charge in [-0.05, 0) is 30.9 Å². The minimum atomic E-state index is 1.01. The van der Waals surface area contributed by atoms with Gasteiger partial charge in [0.25, 0.3) is 0 Å². The van der Waals surface area contributed by atoms with Crippen molar-refractivity contribution >= 4 is 16.7 Å². The maximum atomic E-state index is 3.36. The van der Waals surface area contributed by atoms with Gasteiger partial charge >= 0.3 is 0 Å². The Hall–Kier alpha value is -0.890. The highest BCUT2D eigenvalue weighted by molar-refractivity contribution is 8.08. The fourth-order valence-corrected chi connectivity index (χ4v) is 2.93. The third-order valence-electron chi connectivity index (χ3n) is 2.93. The van der Waals surface area contributed by atoms with Crippen LogP contribution in [0, 0.1) is 0 Å². The zero-order valence-electron chi connectivity index (χ0n) is 10.0. The van der Waals surface area contributed by atoms with E-state index < -0.39 is 0 Å². The molecule has 0 spiro atoms. The van der Waals surface area contributed by atoms with Crippen LogP contribution < -0.4 is 5.32 Å². The highest BCUT2D eigenvalue weighted by Crippen LogP contribution is 2.33. The van der Waals surface area contributed by atoms with E-state index in [1.807, 2.05) is 11.8 Å². The summed E-state index contributed by atoms with van der Waals surface area (Å²) in [6, 6.07) is 9.04. The molecule has 0 saturated carbocycles. The molecule has 1 aromatic carbocycles. The Balaban J connectivity index is 2.10. The van der Waals surface area contributed by atoms with E-state index in [2.05, 4.69) is 43.4 Å². The van der Waals surface area contributed by atoms with Gasteiger partial charge in [0.15, 0.2) is 0 Å². The number of hydrogen-bond donors (Lipinski definition) is 1. The van der Waals surface area contributed by atoms with Crippen molar-refractivity contribution in [2.75, 3.05) is 5.88 Å². The minimum absolute atomic E-state index is 1.01. The van der Waals surface area contributed by atoms with E-state index in [-0.39, 0.29) is 0 Å². The van der Waals surface area contributed by atoms with Crippen LogP contribution in [0.25, 0.3) is 4.91 Å². The number of benzene rings is 1. The molecule has 0 aliphatic carbocycles. The van der Waals surface area contributed by atoms with Crippen LogP contribution in [0.5, 0.6) is 0 Å². The molecule has 1 aliphatic heterocycles. The standard InChI is InChI=1S/C14H19NS/c1-3-4-5-12-6-8-13(9-7-12)14-11(2)15-10-16-14/h6-9,15H,3-5,10H2,1-2H3. The first-order chi connectivity index (χ1) is 7.81. The van der Waals surface area contributed by atoms with Crippen molar-refractivity contribution < 1.29 is 0 Å². The first kappa shape index (κ1) is 11.6. The highest BCUT2D eigenvalue weighted by Gasteiger charge is 2.12. The van der Waals surface area contributed by atoms with Gasteiger partial charge in [0.1, 0.15) is 0 Å². The number of rotatable bonds is 4. The third kappa shape index (κ3) is 2.62. The van der Waals surface area contributed by atoms with Crippen LogP contribution in [-0.2, 0) is 6.42 Å². The van der Waals surface area contributed by atoms with Gasteiger partial charge in [-0.25, -0.2) is 0 Å². The zero-order chi connectivity index (χ0) is 11.4. The summed E-state index contributed by atoms with van der Waals surface area (Å²) in [5.41, 5.74) is 4.12. The van der Waals surface area contributed by atoms with E-state index in [4.69, 9.17) is 0 Å². The molecule has 1 N–H and O–H groups in total. The second kappa shape index (κ2) is 5.44. The largest absolute Gasteiger partial charge is 0.378 e. The molecule has 2 heteroatoms. The summed E-state index contributed by atoms with van der Waals surface area (Å²) in [4.78, 5) is 1.40. The Morgan fingerprint density at radius 2 is 2.00 bits per heavy atom. The number of thioether (sulfide) groups is 1. The number of hydrogen-bond acceptors (Lipinski definition) is 2. The van der Waals surface area contributed by atoms with Crippen molar-refractivity contribution in [2.45, 2.75) is 33.1 Å². The molecule has 0 atom stereocenters. The fraction of sp³-hybridized carbons (Fsp3) is 0.429. The van der Waals surface area contributed by atoms with Crippen molar-refractivity contribution in [2.24, 2.45) is 0 Å². The number of nitrogens with one attached hydrogen (secondary N) is 1. The summed E-state index contributed by atoms with van der Waals surface area (Å²) in [5.74, 6) is 1.01. The second-order valence-corrected chi connectivity index (χ2v) is 5.21. The average molecular weight is 233 g/mol. The quantitative estimate of drug-likeness (QED) is 0.843. The molecule has 0 radical (unpaired) electrons. The normalized spacial score (nSPS) is 15.4. The van der Waals surface area contributed by atoms with Crippen LogP contribution >= 0.6 is 11.8 Å². The van der Waals surface area contributed by atoms with Crippen LogP contribution in [0.15, 0.2) is 30.0 Å². The Morgan fingerprint density at radius 3 is 2.56 bits per heavy atom. The minimum Gasteiger partial charge on any atom is -0.378 e. The summed E-state index contributed by atoms with van der Waals surface area (Å²) in [6.07, 6.45) is 3.77. The van der Waals surface area contributed by atoms with Crippen molar-refractivity contribution in [1.82, 2.24) is 5.32 Å². The maximum absolute atomic E-state index is 3.36. The van der Waals surface area contributed by atoms with Crippen LogP contribution in [0.4, 0.5) is 0 Å². The smallest absolute Gasteiger partial charge is 0.0655 e. The van der Waals surface area contributed by atoms with Crippen LogP contribution in [0.2, 0.25) is 0 Å². The Morgan fingerprint density at radius 1 is 1.25 bits per heavy atom. The predicted octanol–water partition coefficient (Wildman–Crippen LogP) is 4.01. The predicted molar refractivity (Wildman–Crippen MR) is 73.2 cm³/mol. The van der Waals surface area contributed by atoms with E-state index in [1.54, 1.807) is 0 Å². The number of unbranched alkanes of at least 4 members (excludes halogenated alkanes) is 1. The highest BCUT2D eigenvalue weighted by atomic mass is 32.2. The topological polar surface area (TPSA) is 12.0 Å². The summed E-state index contributed by atoms with van der Waals surface area (Å²) >= 11 is 1.90. The number of allylic oxidation sites excluding steroid dienone is 1.